The number of nitrogens with zero attached hydrogens (tertiary/aromatic N) is 1. The van der Waals surface area contributed by atoms with Crippen molar-refractivity contribution in [2.45, 2.75) is 0 Å². The summed E-state index contributed by atoms with van der Waals surface area (Å²) in [5, 5.41) is 9.11. The molecule has 1 aromatic heterocycles. The van der Waals surface area contributed by atoms with Crippen molar-refractivity contribution < 1.29 is 9.90 Å². The number of nitrogen functional groups attached to an aromatic ring is 1. The van der Waals surface area contributed by atoms with Crippen LogP contribution in [0.5, 0.6) is 0 Å². The molecular formula is C12H12N2O2. The van der Waals surface area contributed by atoms with Gasteiger partial charge in [0.05, 0.1) is 0 Å². The highest BCUT2D eigenvalue weighted by Crippen LogP contribution is 2.25. The van der Waals surface area contributed by atoms with Gasteiger partial charge in [-0.15, -0.1) is 0 Å². The molecule has 0 atom stereocenters. The Bertz CT molecular complexity index is 544. The number of hydrogen-bond donors (Lipinski definition) is 2. The molecular weight excluding hydrogens is 204 g/mol. The summed E-state index contributed by atoms with van der Waals surface area (Å²) >= 11 is 0. The first-order valence-corrected chi connectivity index (χ1v) is 4.84. The third-order valence-electron chi connectivity index (χ3n) is 2.47. The number of carboxylic acids is 1. The molecule has 0 spiro atoms. The fourth-order valence-corrected chi connectivity index (χ4v) is 1.74. The number of nitrogens with two attached hydrogens (primary N) is 1. The number of anilines is 1. The summed E-state index contributed by atoms with van der Waals surface area (Å²) in [4.78, 5) is 11.1. The number of rotatable bonds is 2. The Morgan fingerprint density at radius 1 is 1.38 bits per heavy atom. The summed E-state index contributed by atoms with van der Waals surface area (Å²) in [6, 6.07) is 8.97. The van der Waals surface area contributed by atoms with Crippen molar-refractivity contribution in [3.63, 3.8) is 0 Å². The monoisotopic (exact) mass is 216 g/mol. The largest absolute Gasteiger partial charge is 0.477 e. The lowest BCUT2D eigenvalue weighted by Crippen LogP contribution is -2.05. The van der Waals surface area contributed by atoms with Gasteiger partial charge < -0.3 is 15.4 Å². The molecule has 0 fully saturated rings. The van der Waals surface area contributed by atoms with Crippen molar-refractivity contribution >= 4 is 11.7 Å². The predicted molar refractivity (Wildman–Crippen MR) is 62.2 cm³/mol. The first kappa shape index (κ1) is 10.3. The minimum Gasteiger partial charge on any atom is -0.477 e. The van der Waals surface area contributed by atoms with Crippen LogP contribution in [0.25, 0.3) is 11.1 Å². The SMILES string of the molecule is Cn1ccc(-c2cccc(N)c2)c1C(=O)O. The summed E-state index contributed by atoms with van der Waals surface area (Å²) in [6.45, 7) is 0. The molecule has 1 heterocycles. The zero-order valence-corrected chi connectivity index (χ0v) is 8.84. The number of aromatic carboxylic acids is 1. The summed E-state index contributed by atoms with van der Waals surface area (Å²) in [7, 11) is 1.71. The Hall–Kier alpha value is -2.23. The van der Waals surface area contributed by atoms with Crippen LogP contribution in [0.1, 0.15) is 10.5 Å². The van der Waals surface area contributed by atoms with Crippen molar-refractivity contribution in [1.29, 1.82) is 0 Å². The molecule has 82 valence electrons. The quantitative estimate of drug-likeness (QED) is 0.754. The van der Waals surface area contributed by atoms with Crippen LogP contribution in [0.2, 0.25) is 0 Å². The Balaban J connectivity index is 2.60. The topological polar surface area (TPSA) is 68.2 Å². The average molecular weight is 216 g/mol. The van der Waals surface area contributed by atoms with Crippen LogP contribution in [0, 0.1) is 0 Å². The minimum atomic E-state index is -0.940. The van der Waals surface area contributed by atoms with Crippen molar-refractivity contribution in [1.82, 2.24) is 4.57 Å². The van der Waals surface area contributed by atoms with Crippen molar-refractivity contribution in [3.8, 4) is 11.1 Å². The highest BCUT2D eigenvalue weighted by Gasteiger charge is 2.15. The maximum atomic E-state index is 11.1. The second kappa shape index (κ2) is 3.73. The molecule has 0 saturated heterocycles. The van der Waals surface area contributed by atoms with Crippen molar-refractivity contribution in [2.75, 3.05) is 5.73 Å². The maximum absolute atomic E-state index is 11.1. The lowest BCUT2D eigenvalue weighted by atomic mass is 10.1. The van der Waals surface area contributed by atoms with Gasteiger partial charge in [-0.3, -0.25) is 0 Å². The van der Waals surface area contributed by atoms with E-state index in [1.807, 2.05) is 12.1 Å². The Labute approximate surface area is 92.9 Å². The molecule has 2 rings (SSSR count). The summed E-state index contributed by atoms with van der Waals surface area (Å²) < 4.78 is 1.58. The zero-order valence-electron chi connectivity index (χ0n) is 8.84. The Morgan fingerprint density at radius 2 is 2.12 bits per heavy atom. The van der Waals surface area contributed by atoms with Crippen LogP contribution in [0.3, 0.4) is 0 Å². The smallest absolute Gasteiger partial charge is 0.353 e. The number of aromatic nitrogens is 1. The molecule has 16 heavy (non-hydrogen) atoms. The van der Waals surface area contributed by atoms with Crippen LogP contribution in [0.4, 0.5) is 5.69 Å². The van der Waals surface area contributed by atoms with Crippen LogP contribution < -0.4 is 5.73 Å². The van der Waals surface area contributed by atoms with E-state index in [0.29, 0.717) is 11.3 Å². The molecule has 3 N–H and O–H groups in total. The van der Waals surface area contributed by atoms with E-state index in [2.05, 4.69) is 0 Å². The van der Waals surface area contributed by atoms with E-state index in [4.69, 9.17) is 10.8 Å². The normalized spacial score (nSPS) is 10.3. The van der Waals surface area contributed by atoms with Crippen LogP contribution in [-0.2, 0) is 7.05 Å². The van der Waals surface area contributed by atoms with E-state index < -0.39 is 5.97 Å². The third-order valence-corrected chi connectivity index (χ3v) is 2.47. The highest BCUT2D eigenvalue weighted by molar-refractivity contribution is 5.94. The van der Waals surface area contributed by atoms with Gasteiger partial charge in [0.1, 0.15) is 5.69 Å². The maximum Gasteiger partial charge on any atom is 0.353 e. The molecule has 2 aromatic rings. The molecule has 4 nitrogen and oxygen atoms in total. The number of aryl methyl sites for hydroxylation is 1. The van der Waals surface area contributed by atoms with Gasteiger partial charge in [-0.05, 0) is 23.8 Å². The van der Waals surface area contributed by atoms with Crippen LogP contribution in [0.15, 0.2) is 36.5 Å². The average Bonchev–Trinajstić information content (AvgIpc) is 2.60. The molecule has 0 amide bonds. The number of carboxylic acid groups (broad SMARTS) is 1. The van der Waals surface area contributed by atoms with Gasteiger partial charge in [0.15, 0.2) is 0 Å². The standard InChI is InChI=1S/C12H12N2O2/c1-14-6-5-10(11(14)12(15)16)8-3-2-4-9(13)7-8/h2-7H,13H2,1H3,(H,15,16). The van der Waals surface area contributed by atoms with E-state index in [0.717, 1.165) is 5.56 Å². The Morgan fingerprint density at radius 3 is 2.75 bits per heavy atom. The van der Waals surface area contributed by atoms with E-state index in [9.17, 15) is 4.79 Å². The molecule has 0 radical (unpaired) electrons. The summed E-state index contributed by atoms with van der Waals surface area (Å²) in [6.07, 6.45) is 1.72. The van der Waals surface area contributed by atoms with E-state index in [-0.39, 0.29) is 5.69 Å². The zero-order chi connectivity index (χ0) is 11.7. The summed E-state index contributed by atoms with van der Waals surface area (Å²) in [5.41, 5.74) is 8.07. The lowest BCUT2D eigenvalue weighted by Gasteiger charge is -2.04. The Kier molecular flexibility index (Phi) is 2.40. The molecule has 0 aliphatic rings. The molecule has 4 heteroatoms. The van der Waals surface area contributed by atoms with E-state index >= 15 is 0 Å². The van der Waals surface area contributed by atoms with E-state index in [1.165, 1.54) is 0 Å². The van der Waals surface area contributed by atoms with Gasteiger partial charge >= 0.3 is 5.97 Å². The van der Waals surface area contributed by atoms with Gasteiger partial charge in [0, 0.05) is 24.5 Å². The van der Waals surface area contributed by atoms with Gasteiger partial charge in [-0.25, -0.2) is 4.79 Å². The molecule has 0 aliphatic carbocycles. The van der Waals surface area contributed by atoms with Crippen LogP contribution >= 0.6 is 0 Å². The predicted octanol–water partition coefficient (Wildman–Crippen LogP) is 1.97. The molecule has 0 saturated carbocycles. The first-order chi connectivity index (χ1) is 7.59. The number of carbonyl (C=O) groups is 1. The van der Waals surface area contributed by atoms with E-state index in [1.54, 1.807) is 36.0 Å². The third kappa shape index (κ3) is 1.65. The molecule has 0 bridgehead atoms. The molecule has 0 aliphatic heterocycles. The number of benzene rings is 1. The minimum absolute atomic E-state index is 0.269. The molecule has 1 aromatic carbocycles. The second-order valence-corrected chi connectivity index (χ2v) is 3.62. The van der Waals surface area contributed by atoms with Crippen molar-refractivity contribution in [3.05, 3.63) is 42.2 Å². The van der Waals surface area contributed by atoms with Gasteiger partial charge in [-0.1, -0.05) is 12.1 Å². The van der Waals surface area contributed by atoms with Crippen LogP contribution in [-0.4, -0.2) is 15.6 Å². The first-order valence-electron chi connectivity index (χ1n) is 4.84. The van der Waals surface area contributed by atoms with Gasteiger partial charge in [-0.2, -0.15) is 0 Å². The fourth-order valence-electron chi connectivity index (χ4n) is 1.74. The van der Waals surface area contributed by atoms with Gasteiger partial charge in [0.25, 0.3) is 0 Å². The summed E-state index contributed by atoms with van der Waals surface area (Å²) in [5.74, 6) is -0.940. The molecule has 0 unspecified atom stereocenters. The second-order valence-electron chi connectivity index (χ2n) is 3.62. The fraction of sp³-hybridized carbons (Fsp3) is 0.0833. The highest BCUT2D eigenvalue weighted by atomic mass is 16.4. The van der Waals surface area contributed by atoms with Gasteiger partial charge in [0.2, 0.25) is 0 Å². The lowest BCUT2D eigenvalue weighted by molar-refractivity contribution is 0.0687. The van der Waals surface area contributed by atoms with Crippen molar-refractivity contribution in [2.24, 2.45) is 7.05 Å². The number of hydrogen-bond acceptors (Lipinski definition) is 2.